The number of carbonyl (C=O) groups is 2. The third-order valence-corrected chi connectivity index (χ3v) is 6.82. The molecule has 2 saturated carbocycles. The molecule has 0 amide bonds. The second-order valence-electron chi connectivity index (χ2n) is 7.13. The van der Waals surface area contributed by atoms with E-state index in [4.69, 9.17) is 9.47 Å². The predicted molar refractivity (Wildman–Crippen MR) is 67.4 cm³/mol. The fourth-order valence-corrected chi connectivity index (χ4v) is 5.56. The summed E-state index contributed by atoms with van der Waals surface area (Å²) in [5, 5.41) is 10.5. The van der Waals surface area contributed by atoms with Gasteiger partial charge < -0.3 is 14.6 Å². The van der Waals surface area contributed by atoms with E-state index < -0.39 is 22.9 Å². The molecule has 5 heteroatoms. The normalized spacial score (nSPS) is 56.9. The molecule has 2 aliphatic heterocycles. The van der Waals surface area contributed by atoms with Crippen molar-refractivity contribution in [1.29, 1.82) is 0 Å². The van der Waals surface area contributed by atoms with Crippen LogP contribution < -0.4 is 0 Å². The van der Waals surface area contributed by atoms with Crippen LogP contribution in [-0.2, 0) is 19.1 Å². The fourth-order valence-electron chi connectivity index (χ4n) is 5.56. The number of rotatable bonds is 0. The number of cyclic esters (lactones) is 1. The van der Waals surface area contributed by atoms with Crippen LogP contribution in [0.5, 0.6) is 0 Å². The number of hydrogen-bond donors (Lipinski definition) is 1. The standard InChI is InChI=1S/C15H20O5/c1-7-3-4-10-14(7)5-9(20-12(17)11(14)16)8(2)15(10)6-19-13(15)18/h7-11,16H,3-6H2,1-2H3/t7-,8-,9-,10+,11+,14-,15+/m1/s1. The van der Waals surface area contributed by atoms with Crippen molar-refractivity contribution >= 4 is 11.9 Å². The first-order chi connectivity index (χ1) is 9.44. The van der Waals surface area contributed by atoms with Crippen LogP contribution >= 0.6 is 0 Å². The Hall–Kier alpha value is -1.10. The summed E-state index contributed by atoms with van der Waals surface area (Å²) in [6, 6.07) is 0. The van der Waals surface area contributed by atoms with E-state index in [0.29, 0.717) is 13.0 Å². The second-order valence-corrected chi connectivity index (χ2v) is 7.13. The summed E-state index contributed by atoms with van der Waals surface area (Å²) in [4.78, 5) is 24.3. The lowest BCUT2D eigenvalue weighted by molar-refractivity contribution is -0.269. The largest absolute Gasteiger partial charge is 0.464 e. The maximum absolute atomic E-state index is 12.2. The Morgan fingerprint density at radius 2 is 2.00 bits per heavy atom. The number of fused-ring (bicyclic) bond motifs is 2. The first-order valence-electron chi connectivity index (χ1n) is 7.50. The Morgan fingerprint density at radius 3 is 2.60 bits per heavy atom. The van der Waals surface area contributed by atoms with Gasteiger partial charge in [-0.25, -0.2) is 4.79 Å². The van der Waals surface area contributed by atoms with Gasteiger partial charge in [0, 0.05) is 11.3 Å². The molecule has 4 fully saturated rings. The lowest BCUT2D eigenvalue weighted by atomic mass is 9.46. The first kappa shape index (κ1) is 12.6. The van der Waals surface area contributed by atoms with E-state index >= 15 is 0 Å². The number of hydrogen-bond acceptors (Lipinski definition) is 5. The van der Waals surface area contributed by atoms with Crippen molar-refractivity contribution in [2.24, 2.45) is 28.6 Å². The topological polar surface area (TPSA) is 72.8 Å². The number of ether oxygens (including phenoxy) is 2. The molecule has 4 aliphatic rings. The van der Waals surface area contributed by atoms with Crippen molar-refractivity contribution in [2.75, 3.05) is 6.61 Å². The molecule has 2 spiro atoms. The van der Waals surface area contributed by atoms with Crippen molar-refractivity contribution in [1.82, 2.24) is 0 Å². The van der Waals surface area contributed by atoms with E-state index in [9.17, 15) is 14.7 Å². The van der Waals surface area contributed by atoms with E-state index in [0.717, 1.165) is 12.8 Å². The Kier molecular flexibility index (Phi) is 2.25. The highest BCUT2D eigenvalue weighted by Gasteiger charge is 2.75. The smallest absolute Gasteiger partial charge is 0.335 e. The maximum Gasteiger partial charge on any atom is 0.335 e. The van der Waals surface area contributed by atoms with Gasteiger partial charge in [-0.05, 0) is 31.1 Å². The molecule has 1 N–H and O–H groups in total. The van der Waals surface area contributed by atoms with Gasteiger partial charge in [0.15, 0.2) is 6.10 Å². The minimum absolute atomic E-state index is 0.0244. The van der Waals surface area contributed by atoms with Gasteiger partial charge >= 0.3 is 11.9 Å². The zero-order chi connectivity index (χ0) is 14.3. The van der Waals surface area contributed by atoms with Gasteiger partial charge in [-0.15, -0.1) is 0 Å². The molecule has 110 valence electrons. The Labute approximate surface area is 117 Å². The quantitative estimate of drug-likeness (QED) is 0.667. The lowest BCUT2D eigenvalue weighted by Crippen LogP contribution is -2.71. The van der Waals surface area contributed by atoms with E-state index in [-0.39, 0.29) is 29.8 Å². The summed E-state index contributed by atoms with van der Waals surface area (Å²) >= 11 is 0. The van der Waals surface area contributed by atoms with Crippen molar-refractivity contribution in [3.8, 4) is 0 Å². The van der Waals surface area contributed by atoms with Gasteiger partial charge in [-0.1, -0.05) is 13.8 Å². The number of carbonyl (C=O) groups excluding carboxylic acids is 2. The van der Waals surface area contributed by atoms with Crippen molar-refractivity contribution in [3.63, 3.8) is 0 Å². The van der Waals surface area contributed by atoms with E-state index in [1.807, 2.05) is 6.92 Å². The van der Waals surface area contributed by atoms with Gasteiger partial charge in [0.05, 0.1) is 0 Å². The van der Waals surface area contributed by atoms with Gasteiger partial charge in [-0.3, -0.25) is 4.79 Å². The molecule has 5 nitrogen and oxygen atoms in total. The molecule has 7 atom stereocenters. The highest BCUT2D eigenvalue weighted by Crippen LogP contribution is 2.69. The van der Waals surface area contributed by atoms with Gasteiger partial charge in [0.1, 0.15) is 18.1 Å². The average molecular weight is 280 g/mol. The van der Waals surface area contributed by atoms with Gasteiger partial charge in [-0.2, -0.15) is 0 Å². The highest BCUT2D eigenvalue weighted by molar-refractivity contribution is 5.85. The van der Waals surface area contributed by atoms with Crippen LogP contribution in [0.2, 0.25) is 0 Å². The molecule has 0 aromatic carbocycles. The van der Waals surface area contributed by atoms with Crippen LogP contribution in [-0.4, -0.2) is 35.9 Å². The molecule has 2 heterocycles. The minimum Gasteiger partial charge on any atom is -0.464 e. The minimum atomic E-state index is -1.10. The zero-order valence-electron chi connectivity index (χ0n) is 11.8. The second kappa shape index (κ2) is 3.56. The first-order valence-corrected chi connectivity index (χ1v) is 7.50. The summed E-state index contributed by atoms with van der Waals surface area (Å²) in [5.74, 6) is -0.419. The zero-order valence-corrected chi connectivity index (χ0v) is 11.8. The van der Waals surface area contributed by atoms with Gasteiger partial charge in [0.25, 0.3) is 0 Å². The van der Waals surface area contributed by atoms with Crippen LogP contribution in [0.3, 0.4) is 0 Å². The Bertz CT molecular complexity index is 502. The van der Waals surface area contributed by atoms with Crippen molar-refractivity contribution in [3.05, 3.63) is 0 Å². The van der Waals surface area contributed by atoms with Crippen LogP contribution in [0, 0.1) is 28.6 Å². The molecule has 2 saturated heterocycles. The molecule has 20 heavy (non-hydrogen) atoms. The average Bonchev–Trinajstić information content (AvgIpc) is 2.74. The van der Waals surface area contributed by atoms with Crippen LogP contribution in [0.4, 0.5) is 0 Å². The molecule has 0 aromatic heterocycles. The molecular formula is C15H20O5. The molecule has 2 aliphatic carbocycles. The third kappa shape index (κ3) is 1.08. The lowest BCUT2D eigenvalue weighted by Gasteiger charge is -2.62. The fraction of sp³-hybridized carbons (Fsp3) is 0.867. The molecular weight excluding hydrogens is 260 g/mol. The van der Waals surface area contributed by atoms with E-state index in [1.54, 1.807) is 0 Å². The monoisotopic (exact) mass is 280 g/mol. The molecule has 0 aromatic rings. The van der Waals surface area contributed by atoms with E-state index in [1.165, 1.54) is 0 Å². The highest BCUT2D eigenvalue weighted by atomic mass is 16.6. The van der Waals surface area contributed by atoms with Gasteiger partial charge in [0.2, 0.25) is 0 Å². The number of esters is 2. The number of aliphatic hydroxyl groups excluding tert-OH is 1. The maximum atomic E-state index is 12.2. The summed E-state index contributed by atoms with van der Waals surface area (Å²) in [7, 11) is 0. The summed E-state index contributed by atoms with van der Waals surface area (Å²) in [5.41, 5.74) is -1.04. The SMILES string of the molecule is C[C@@H]1[C@H]2C[C@]3([C@H](C)CC[C@@H]3[C@]13COC3=O)[C@@H](O)C(=O)O2. The molecule has 0 radical (unpaired) electrons. The predicted octanol–water partition coefficient (Wildman–Crippen LogP) is 0.888. The van der Waals surface area contributed by atoms with E-state index in [2.05, 4.69) is 6.92 Å². The summed E-state index contributed by atoms with van der Waals surface area (Å²) in [6.07, 6.45) is 1.15. The van der Waals surface area contributed by atoms with Crippen LogP contribution in [0.15, 0.2) is 0 Å². The van der Waals surface area contributed by atoms with Crippen LogP contribution in [0.1, 0.15) is 33.1 Å². The molecule has 0 unspecified atom stereocenters. The van der Waals surface area contributed by atoms with Crippen LogP contribution in [0.25, 0.3) is 0 Å². The summed E-state index contributed by atoms with van der Waals surface area (Å²) in [6.45, 7) is 4.49. The molecule has 4 rings (SSSR count). The summed E-state index contributed by atoms with van der Waals surface area (Å²) < 4.78 is 10.5. The Balaban J connectivity index is 1.89. The Morgan fingerprint density at radius 1 is 1.25 bits per heavy atom. The number of aliphatic hydroxyl groups is 1. The third-order valence-electron chi connectivity index (χ3n) is 6.82. The van der Waals surface area contributed by atoms with Crippen molar-refractivity contribution in [2.45, 2.75) is 45.3 Å². The molecule has 2 bridgehead atoms. The van der Waals surface area contributed by atoms with Crippen molar-refractivity contribution < 1.29 is 24.2 Å².